The molecule has 1 aromatic rings. The van der Waals surface area contributed by atoms with E-state index in [0.717, 1.165) is 11.3 Å². The highest BCUT2D eigenvalue weighted by molar-refractivity contribution is 5.78. The van der Waals surface area contributed by atoms with Gasteiger partial charge >= 0.3 is 0 Å². The Morgan fingerprint density at radius 2 is 1.72 bits per heavy atom. The van der Waals surface area contributed by atoms with E-state index in [-0.39, 0.29) is 5.78 Å². The van der Waals surface area contributed by atoms with Crippen molar-refractivity contribution in [3.63, 3.8) is 0 Å². The zero-order valence-electron chi connectivity index (χ0n) is 11.0. The Kier molecular flexibility index (Phi) is 7.06. The van der Waals surface area contributed by atoms with Gasteiger partial charge < -0.3 is 14.2 Å². The average molecular weight is 252 g/mol. The number of ketones is 1. The number of hydrogen-bond acceptors (Lipinski definition) is 4. The van der Waals surface area contributed by atoms with Crippen molar-refractivity contribution < 1.29 is 19.0 Å². The van der Waals surface area contributed by atoms with E-state index < -0.39 is 0 Å². The zero-order valence-corrected chi connectivity index (χ0v) is 11.0. The third-order valence-electron chi connectivity index (χ3n) is 2.30. The van der Waals surface area contributed by atoms with Crippen LogP contribution < -0.4 is 4.74 Å². The van der Waals surface area contributed by atoms with Crippen LogP contribution in [-0.2, 0) is 20.7 Å². The Balaban J connectivity index is 2.20. The Bertz CT molecular complexity index is 345. The molecule has 0 spiro atoms. The van der Waals surface area contributed by atoms with Crippen molar-refractivity contribution >= 4 is 5.78 Å². The molecule has 100 valence electrons. The Morgan fingerprint density at radius 3 is 2.33 bits per heavy atom. The van der Waals surface area contributed by atoms with Gasteiger partial charge in [-0.3, -0.25) is 4.79 Å². The van der Waals surface area contributed by atoms with E-state index >= 15 is 0 Å². The largest absolute Gasteiger partial charge is 0.491 e. The van der Waals surface area contributed by atoms with E-state index in [2.05, 4.69) is 0 Å². The fraction of sp³-hybridized carbons (Fsp3) is 0.500. The molecule has 0 atom stereocenters. The summed E-state index contributed by atoms with van der Waals surface area (Å²) in [5.41, 5.74) is 1.01. The molecule has 4 heteroatoms. The minimum Gasteiger partial charge on any atom is -0.491 e. The van der Waals surface area contributed by atoms with E-state index in [4.69, 9.17) is 14.2 Å². The third kappa shape index (κ3) is 6.37. The maximum absolute atomic E-state index is 10.9. The first-order valence-corrected chi connectivity index (χ1v) is 6.00. The molecule has 0 amide bonds. The standard InChI is InChI=1S/C14H20O4/c1-12(15)11-13-3-5-14(6-4-13)18-10-9-17-8-7-16-2/h3-6H,7-11H2,1-2H3. The minimum absolute atomic E-state index is 0.162. The van der Waals surface area contributed by atoms with Gasteiger partial charge in [0.25, 0.3) is 0 Å². The van der Waals surface area contributed by atoms with Crippen molar-refractivity contribution in [1.29, 1.82) is 0 Å². The lowest BCUT2D eigenvalue weighted by Gasteiger charge is -2.07. The second-order valence-electron chi connectivity index (χ2n) is 3.98. The molecule has 0 heterocycles. The summed E-state index contributed by atoms with van der Waals surface area (Å²) >= 11 is 0. The molecule has 1 aromatic carbocycles. The molecule has 18 heavy (non-hydrogen) atoms. The predicted octanol–water partition coefficient (Wildman–Crippen LogP) is 1.86. The maximum Gasteiger partial charge on any atom is 0.134 e. The molecule has 0 unspecified atom stereocenters. The van der Waals surface area contributed by atoms with E-state index in [9.17, 15) is 4.79 Å². The van der Waals surface area contributed by atoms with Gasteiger partial charge in [0.1, 0.15) is 18.1 Å². The predicted molar refractivity (Wildman–Crippen MR) is 69.0 cm³/mol. The van der Waals surface area contributed by atoms with Crippen molar-refractivity contribution in [3.05, 3.63) is 29.8 Å². The molecular weight excluding hydrogens is 232 g/mol. The molecule has 0 saturated carbocycles. The molecule has 0 bridgehead atoms. The molecular formula is C14H20O4. The van der Waals surface area contributed by atoms with Gasteiger partial charge in [0, 0.05) is 13.5 Å². The second-order valence-corrected chi connectivity index (χ2v) is 3.98. The summed E-state index contributed by atoms with van der Waals surface area (Å²) in [6, 6.07) is 7.55. The first kappa shape index (κ1) is 14.7. The van der Waals surface area contributed by atoms with Crippen LogP contribution in [0.5, 0.6) is 5.75 Å². The fourth-order valence-electron chi connectivity index (χ4n) is 1.45. The highest BCUT2D eigenvalue weighted by Gasteiger charge is 1.98. The van der Waals surface area contributed by atoms with Crippen LogP contribution in [0.1, 0.15) is 12.5 Å². The van der Waals surface area contributed by atoms with Crippen molar-refractivity contribution in [3.8, 4) is 5.75 Å². The van der Waals surface area contributed by atoms with Gasteiger partial charge in [-0.05, 0) is 24.6 Å². The molecule has 0 N–H and O–H groups in total. The van der Waals surface area contributed by atoms with Crippen LogP contribution in [0.25, 0.3) is 0 Å². The first-order chi connectivity index (χ1) is 8.72. The lowest BCUT2D eigenvalue weighted by atomic mass is 10.1. The number of benzene rings is 1. The van der Waals surface area contributed by atoms with Crippen LogP contribution in [0.3, 0.4) is 0 Å². The van der Waals surface area contributed by atoms with E-state index in [1.54, 1.807) is 14.0 Å². The monoisotopic (exact) mass is 252 g/mol. The molecule has 0 aliphatic rings. The molecule has 4 nitrogen and oxygen atoms in total. The first-order valence-electron chi connectivity index (χ1n) is 6.00. The Labute approximate surface area is 108 Å². The highest BCUT2D eigenvalue weighted by atomic mass is 16.5. The van der Waals surface area contributed by atoms with Crippen LogP contribution in [0.15, 0.2) is 24.3 Å². The number of Topliss-reactive ketones (excluding diaryl/α,β-unsaturated/α-hetero) is 1. The van der Waals surface area contributed by atoms with E-state index in [0.29, 0.717) is 32.8 Å². The van der Waals surface area contributed by atoms with Crippen molar-refractivity contribution in [2.24, 2.45) is 0 Å². The van der Waals surface area contributed by atoms with Gasteiger partial charge in [-0.15, -0.1) is 0 Å². The average Bonchev–Trinajstić information content (AvgIpc) is 2.35. The number of hydrogen-bond donors (Lipinski definition) is 0. The van der Waals surface area contributed by atoms with Crippen LogP contribution in [-0.4, -0.2) is 39.3 Å². The van der Waals surface area contributed by atoms with Crippen LogP contribution in [0, 0.1) is 0 Å². The van der Waals surface area contributed by atoms with E-state index in [1.165, 1.54) is 0 Å². The highest BCUT2D eigenvalue weighted by Crippen LogP contribution is 2.12. The van der Waals surface area contributed by atoms with Gasteiger partial charge in [-0.25, -0.2) is 0 Å². The molecule has 0 aliphatic heterocycles. The topological polar surface area (TPSA) is 44.8 Å². The summed E-state index contributed by atoms with van der Waals surface area (Å²) in [6.07, 6.45) is 0.473. The van der Waals surface area contributed by atoms with Gasteiger partial charge in [0.15, 0.2) is 0 Å². The molecule has 0 saturated heterocycles. The van der Waals surface area contributed by atoms with Crippen LogP contribution in [0.2, 0.25) is 0 Å². The second kappa shape index (κ2) is 8.66. The number of methoxy groups -OCH3 is 1. The number of carbonyl (C=O) groups is 1. The normalized spacial score (nSPS) is 10.3. The molecule has 0 fully saturated rings. The van der Waals surface area contributed by atoms with Crippen molar-refractivity contribution in [2.75, 3.05) is 33.5 Å². The number of ether oxygens (including phenoxy) is 3. The lowest BCUT2D eigenvalue weighted by Crippen LogP contribution is -2.10. The smallest absolute Gasteiger partial charge is 0.134 e. The van der Waals surface area contributed by atoms with Gasteiger partial charge in [0.2, 0.25) is 0 Å². The SMILES string of the molecule is COCCOCCOc1ccc(CC(C)=O)cc1. The molecule has 1 rings (SSSR count). The number of carbonyl (C=O) groups excluding carboxylic acids is 1. The Hall–Kier alpha value is -1.39. The van der Waals surface area contributed by atoms with Gasteiger partial charge in [-0.2, -0.15) is 0 Å². The minimum atomic E-state index is 0.162. The number of rotatable bonds is 9. The molecule has 0 aromatic heterocycles. The van der Waals surface area contributed by atoms with Crippen molar-refractivity contribution in [2.45, 2.75) is 13.3 Å². The van der Waals surface area contributed by atoms with Gasteiger partial charge in [0.05, 0.1) is 19.8 Å². The fourth-order valence-corrected chi connectivity index (χ4v) is 1.45. The maximum atomic E-state index is 10.9. The molecule has 0 aliphatic carbocycles. The van der Waals surface area contributed by atoms with Crippen LogP contribution in [0.4, 0.5) is 0 Å². The van der Waals surface area contributed by atoms with Gasteiger partial charge in [-0.1, -0.05) is 12.1 Å². The lowest BCUT2D eigenvalue weighted by molar-refractivity contribution is -0.116. The van der Waals surface area contributed by atoms with Crippen molar-refractivity contribution in [1.82, 2.24) is 0 Å². The summed E-state index contributed by atoms with van der Waals surface area (Å²) < 4.78 is 15.6. The summed E-state index contributed by atoms with van der Waals surface area (Å²) in [5.74, 6) is 0.952. The molecule has 0 radical (unpaired) electrons. The Morgan fingerprint density at radius 1 is 1.06 bits per heavy atom. The summed E-state index contributed by atoms with van der Waals surface area (Å²) in [6.45, 7) is 3.81. The summed E-state index contributed by atoms with van der Waals surface area (Å²) in [5, 5.41) is 0. The van der Waals surface area contributed by atoms with E-state index in [1.807, 2.05) is 24.3 Å². The summed E-state index contributed by atoms with van der Waals surface area (Å²) in [7, 11) is 1.64. The quantitative estimate of drug-likeness (QED) is 0.629. The van der Waals surface area contributed by atoms with Crippen LogP contribution >= 0.6 is 0 Å². The summed E-state index contributed by atoms with van der Waals surface area (Å²) in [4.78, 5) is 10.9. The zero-order chi connectivity index (χ0) is 13.2. The third-order valence-corrected chi connectivity index (χ3v) is 2.30.